The first-order chi connectivity index (χ1) is 16.3. The van der Waals surface area contributed by atoms with Gasteiger partial charge in [0.25, 0.3) is 0 Å². The average Bonchev–Trinajstić information content (AvgIpc) is 3.03. The van der Waals surface area contributed by atoms with Crippen molar-refractivity contribution in [1.29, 1.82) is 0 Å². The predicted octanol–water partition coefficient (Wildman–Crippen LogP) is 5.20. The summed E-state index contributed by atoms with van der Waals surface area (Å²) in [4.78, 5) is 26.3. The number of allylic oxidation sites excluding steroid dienone is 1. The molecule has 0 saturated heterocycles. The summed E-state index contributed by atoms with van der Waals surface area (Å²) in [5.41, 5.74) is 4.41. The van der Waals surface area contributed by atoms with Crippen LogP contribution in [0.3, 0.4) is 0 Å². The second kappa shape index (κ2) is 9.29. The zero-order valence-corrected chi connectivity index (χ0v) is 20.2. The van der Waals surface area contributed by atoms with Crippen molar-refractivity contribution in [2.24, 2.45) is 0 Å². The third kappa shape index (κ3) is 4.28. The summed E-state index contributed by atoms with van der Waals surface area (Å²) in [5, 5.41) is 10.1. The Morgan fingerprint density at radius 3 is 2.53 bits per heavy atom. The van der Waals surface area contributed by atoms with Crippen LogP contribution in [-0.4, -0.2) is 41.0 Å². The summed E-state index contributed by atoms with van der Waals surface area (Å²) < 4.78 is 7.71. The number of anilines is 1. The highest BCUT2D eigenvalue weighted by molar-refractivity contribution is 6.05. The lowest BCUT2D eigenvalue weighted by molar-refractivity contribution is -0.436. The molecule has 6 nitrogen and oxygen atoms in total. The van der Waals surface area contributed by atoms with E-state index in [1.807, 2.05) is 53.1 Å². The molecule has 0 radical (unpaired) electrons. The molecule has 0 atom stereocenters. The van der Waals surface area contributed by atoms with Gasteiger partial charge in [-0.1, -0.05) is 18.2 Å². The molecule has 176 valence electrons. The summed E-state index contributed by atoms with van der Waals surface area (Å²) in [6, 6.07) is 15.8. The van der Waals surface area contributed by atoms with E-state index in [1.165, 1.54) is 0 Å². The first-order valence-corrected chi connectivity index (χ1v) is 11.7. The van der Waals surface area contributed by atoms with Crippen LogP contribution in [-0.2, 0) is 10.2 Å². The number of hydrogen-bond donors (Lipinski definition) is 1. The molecular weight excluding hydrogens is 428 g/mol. The molecule has 6 heteroatoms. The first kappa shape index (κ1) is 23.5. The summed E-state index contributed by atoms with van der Waals surface area (Å²) in [6.45, 7) is 10.5. The van der Waals surface area contributed by atoms with Crippen molar-refractivity contribution in [2.45, 2.75) is 39.5 Å². The number of hydrogen-bond acceptors (Lipinski definition) is 4. The summed E-state index contributed by atoms with van der Waals surface area (Å²) in [6.07, 6.45) is 3.72. The maximum Gasteiger partial charge on any atom is 0.343 e. The predicted molar refractivity (Wildman–Crippen MR) is 137 cm³/mol. The van der Waals surface area contributed by atoms with E-state index in [9.17, 15) is 14.7 Å². The Morgan fingerprint density at radius 1 is 1.09 bits per heavy atom. The van der Waals surface area contributed by atoms with E-state index >= 15 is 0 Å². The van der Waals surface area contributed by atoms with Gasteiger partial charge in [-0.05, 0) is 52.0 Å². The van der Waals surface area contributed by atoms with Gasteiger partial charge in [0.15, 0.2) is 12.3 Å². The molecule has 2 aromatic carbocycles. The molecule has 2 heterocycles. The molecule has 1 aliphatic rings. The summed E-state index contributed by atoms with van der Waals surface area (Å²) >= 11 is 0. The molecular formula is C28H31N2O4+. The molecule has 0 amide bonds. The SMILES string of the molecule is CCN(CC)c1ccc2cc(C=CC3=[N+](CCC(=O)O)c4ccccc4C3(C)C)c(=O)oc2c1. The quantitative estimate of drug-likeness (QED) is 0.370. The zero-order valence-electron chi connectivity index (χ0n) is 20.2. The van der Waals surface area contributed by atoms with Crippen molar-refractivity contribution < 1.29 is 18.9 Å². The second-order valence-corrected chi connectivity index (χ2v) is 9.04. The molecule has 34 heavy (non-hydrogen) atoms. The lowest BCUT2D eigenvalue weighted by Crippen LogP contribution is -2.28. The van der Waals surface area contributed by atoms with Gasteiger partial charge in [0, 0.05) is 47.9 Å². The van der Waals surface area contributed by atoms with Crippen LogP contribution in [0.2, 0.25) is 0 Å². The van der Waals surface area contributed by atoms with Crippen LogP contribution in [0.1, 0.15) is 45.2 Å². The van der Waals surface area contributed by atoms with Crippen molar-refractivity contribution in [2.75, 3.05) is 24.5 Å². The largest absolute Gasteiger partial charge is 0.481 e. The van der Waals surface area contributed by atoms with Gasteiger partial charge < -0.3 is 14.4 Å². The minimum absolute atomic E-state index is 0.0226. The van der Waals surface area contributed by atoms with Gasteiger partial charge in [0.05, 0.1) is 11.0 Å². The second-order valence-electron chi connectivity index (χ2n) is 9.04. The Kier molecular flexibility index (Phi) is 6.42. The Labute approximate surface area is 199 Å². The third-order valence-electron chi connectivity index (χ3n) is 6.64. The molecule has 1 aliphatic heterocycles. The van der Waals surface area contributed by atoms with E-state index < -0.39 is 11.6 Å². The minimum Gasteiger partial charge on any atom is -0.481 e. The van der Waals surface area contributed by atoms with E-state index in [2.05, 4.69) is 38.7 Å². The highest BCUT2D eigenvalue weighted by Gasteiger charge is 2.44. The highest BCUT2D eigenvalue weighted by atomic mass is 16.4. The summed E-state index contributed by atoms with van der Waals surface area (Å²) in [5.74, 6) is -0.843. The lowest BCUT2D eigenvalue weighted by atomic mass is 9.81. The van der Waals surface area contributed by atoms with Crippen LogP contribution < -0.4 is 10.5 Å². The van der Waals surface area contributed by atoms with E-state index in [-0.39, 0.29) is 11.8 Å². The molecule has 0 bridgehead atoms. The molecule has 4 rings (SSSR count). The van der Waals surface area contributed by atoms with Gasteiger partial charge in [-0.2, -0.15) is 4.58 Å². The highest BCUT2D eigenvalue weighted by Crippen LogP contribution is 2.40. The van der Waals surface area contributed by atoms with Crippen molar-refractivity contribution in [3.63, 3.8) is 0 Å². The molecule has 3 aromatic rings. The lowest BCUT2D eigenvalue weighted by Gasteiger charge is -2.20. The number of carbonyl (C=O) groups is 1. The monoisotopic (exact) mass is 459 g/mol. The Hall–Kier alpha value is -3.67. The van der Waals surface area contributed by atoms with Crippen LogP contribution in [0.15, 0.2) is 63.8 Å². The fraction of sp³-hybridized carbons (Fsp3) is 0.321. The van der Waals surface area contributed by atoms with Gasteiger partial charge >= 0.3 is 11.6 Å². The molecule has 1 aromatic heterocycles. The molecule has 0 aliphatic carbocycles. The van der Waals surface area contributed by atoms with Crippen molar-refractivity contribution in [3.8, 4) is 0 Å². The fourth-order valence-corrected chi connectivity index (χ4v) is 4.78. The molecule has 0 spiro atoms. The number of fused-ring (bicyclic) bond motifs is 2. The van der Waals surface area contributed by atoms with E-state index in [1.54, 1.807) is 6.08 Å². The van der Waals surface area contributed by atoms with Crippen LogP contribution in [0.4, 0.5) is 11.4 Å². The Balaban J connectivity index is 1.75. The normalized spacial score (nSPS) is 14.7. The van der Waals surface area contributed by atoms with Crippen molar-refractivity contribution >= 4 is 40.1 Å². The Bertz CT molecular complexity index is 1360. The number of aliphatic carboxylic acids is 1. The summed E-state index contributed by atoms with van der Waals surface area (Å²) in [7, 11) is 0. The van der Waals surface area contributed by atoms with E-state index in [4.69, 9.17) is 4.42 Å². The zero-order chi connectivity index (χ0) is 24.5. The minimum atomic E-state index is -0.843. The fourth-order valence-electron chi connectivity index (χ4n) is 4.78. The molecule has 0 fully saturated rings. The van der Waals surface area contributed by atoms with Crippen LogP contribution in [0.5, 0.6) is 0 Å². The topological polar surface area (TPSA) is 73.8 Å². The van der Waals surface area contributed by atoms with Crippen LogP contribution in [0, 0.1) is 0 Å². The number of benzene rings is 2. The molecule has 0 unspecified atom stereocenters. The van der Waals surface area contributed by atoms with E-state index in [0.29, 0.717) is 17.7 Å². The van der Waals surface area contributed by atoms with Crippen LogP contribution >= 0.6 is 0 Å². The number of nitrogens with zero attached hydrogens (tertiary/aromatic N) is 2. The number of carboxylic acid groups (broad SMARTS) is 1. The smallest absolute Gasteiger partial charge is 0.343 e. The molecule has 1 N–H and O–H groups in total. The average molecular weight is 460 g/mol. The van der Waals surface area contributed by atoms with Gasteiger partial charge in [-0.3, -0.25) is 4.79 Å². The number of para-hydroxylation sites is 1. The van der Waals surface area contributed by atoms with Gasteiger partial charge in [-0.15, -0.1) is 0 Å². The maximum absolute atomic E-state index is 12.8. The molecule has 0 saturated carbocycles. The van der Waals surface area contributed by atoms with E-state index in [0.717, 1.165) is 41.1 Å². The van der Waals surface area contributed by atoms with Gasteiger partial charge in [0.1, 0.15) is 12.0 Å². The number of carboxylic acids is 1. The Morgan fingerprint density at radius 2 is 1.82 bits per heavy atom. The van der Waals surface area contributed by atoms with Gasteiger partial charge in [0.2, 0.25) is 5.69 Å². The van der Waals surface area contributed by atoms with Crippen LogP contribution in [0.25, 0.3) is 17.0 Å². The third-order valence-corrected chi connectivity index (χ3v) is 6.64. The maximum atomic E-state index is 12.8. The first-order valence-electron chi connectivity index (χ1n) is 11.7. The van der Waals surface area contributed by atoms with Crippen molar-refractivity contribution in [3.05, 3.63) is 76.2 Å². The van der Waals surface area contributed by atoms with Gasteiger partial charge in [-0.25, -0.2) is 4.79 Å². The van der Waals surface area contributed by atoms with Crippen molar-refractivity contribution in [1.82, 2.24) is 0 Å². The number of rotatable bonds is 8. The standard InChI is InChI=1S/C28H30N2O4/c1-5-29(6-2)21-13-11-19-17-20(27(33)34-24(19)18-21)12-14-25-28(3,4)22-9-7-8-10-23(22)30(25)16-15-26(31)32/h7-14,17-18H,5-6,15-16H2,1-4H3/p+1.